The van der Waals surface area contributed by atoms with E-state index in [9.17, 15) is 4.79 Å². The van der Waals surface area contributed by atoms with Crippen molar-refractivity contribution in [2.24, 2.45) is 5.92 Å². The standard InChI is InChI=1S/C13H23NO2/c1-10-5-6-12(3)14(9-10)8-7-11(2)13(15)16-4/h7,10,12H,5-6,8-9H2,1-4H3. The van der Waals surface area contributed by atoms with Gasteiger partial charge >= 0.3 is 5.97 Å². The fourth-order valence-corrected chi connectivity index (χ4v) is 2.13. The number of likely N-dealkylation sites (tertiary alicyclic amines) is 1. The molecule has 16 heavy (non-hydrogen) atoms. The van der Waals surface area contributed by atoms with Gasteiger partial charge in [-0.15, -0.1) is 0 Å². The molecule has 0 radical (unpaired) electrons. The van der Waals surface area contributed by atoms with E-state index in [1.54, 1.807) is 0 Å². The lowest BCUT2D eigenvalue weighted by Crippen LogP contribution is -2.41. The summed E-state index contributed by atoms with van der Waals surface area (Å²) < 4.78 is 4.67. The van der Waals surface area contributed by atoms with Crippen molar-refractivity contribution in [3.8, 4) is 0 Å². The first kappa shape index (κ1) is 13.2. The molecule has 92 valence electrons. The van der Waals surface area contributed by atoms with Crippen LogP contribution in [0.3, 0.4) is 0 Å². The van der Waals surface area contributed by atoms with Crippen LogP contribution in [0.15, 0.2) is 11.6 Å². The Morgan fingerprint density at radius 2 is 2.12 bits per heavy atom. The molecule has 0 aromatic carbocycles. The fraction of sp³-hybridized carbons (Fsp3) is 0.769. The first-order valence-electron chi connectivity index (χ1n) is 6.03. The van der Waals surface area contributed by atoms with Crippen molar-refractivity contribution in [1.29, 1.82) is 0 Å². The van der Waals surface area contributed by atoms with Gasteiger partial charge in [-0.1, -0.05) is 13.0 Å². The van der Waals surface area contributed by atoms with Crippen LogP contribution in [0.1, 0.15) is 33.6 Å². The second kappa shape index (κ2) is 6.04. The molecule has 0 saturated carbocycles. The predicted octanol–water partition coefficient (Wildman–Crippen LogP) is 2.23. The monoisotopic (exact) mass is 225 g/mol. The Kier molecular flexibility index (Phi) is 5.00. The van der Waals surface area contributed by atoms with Gasteiger partial charge in [-0.2, -0.15) is 0 Å². The molecule has 1 saturated heterocycles. The maximum atomic E-state index is 11.2. The van der Waals surface area contributed by atoms with E-state index in [-0.39, 0.29) is 5.97 Å². The highest BCUT2D eigenvalue weighted by atomic mass is 16.5. The lowest BCUT2D eigenvalue weighted by Gasteiger charge is -2.36. The summed E-state index contributed by atoms with van der Waals surface area (Å²) in [6.45, 7) is 8.34. The van der Waals surface area contributed by atoms with E-state index in [0.717, 1.165) is 19.0 Å². The number of carbonyl (C=O) groups excluding carboxylic acids is 1. The molecule has 0 bridgehead atoms. The van der Waals surface area contributed by atoms with Gasteiger partial charge in [0.1, 0.15) is 0 Å². The quantitative estimate of drug-likeness (QED) is 0.545. The summed E-state index contributed by atoms with van der Waals surface area (Å²) >= 11 is 0. The zero-order chi connectivity index (χ0) is 12.1. The number of rotatable bonds is 3. The Bertz CT molecular complexity index is 273. The molecule has 0 aromatic heterocycles. The summed E-state index contributed by atoms with van der Waals surface area (Å²) in [5, 5.41) is 0. The van der Waals surface area contributed by atoms with E-state index < -0.39 is 0 Å². The molecule has 0 aliphatic carbocycles. The summed E-state index contributed by atoms with van der Waals surface area (Å²) in [6.07, 6.45) is 4.55. The van der Waals surface area contributed by atoms with Crippen LogP contribution in [0.5, 0.6) is 0 Å². The second-order valence-corrected chi connectivity index (χ2v) is 4.86. The summed E-state index contributed by atoms with van der Waals surface area (Å²) in [5.74, 6) is 0.542. The van der Waals surface area contributed by atoms with E-state index in [2.05, 4.69) is 23.5 Å². The van der Waals surface area contributed by atoms with Gasteiger partial charge in [0.05, 0.1) is 7.11 Å². The van der Waals surface area contributed by atoms with Crippen molar-refractivity contribution in [3.63, 3.8) is 0 Å². The first-order valence-corrected chi connectivity index (χ1v) is 6.03. The Hall–Kier alpha value is -0.830. The molecule has 1 fully saturated rings. The van der Waals surface area contributed by atoms with Crippen LogP contribution < -0.4 is 0 Å². The van der Waals surface area contributed by atoms with Crippen LogP contribution in [-0.4, -0.2) is 37.1 Å². The number of piperidine rings is 1. The third-order valence-corrected chi connectivity index (χ3v) is 3.39. The fourth-order valence-electron chi connectivity index (χ4n) is 2.13. The van der Waals surface area contributed by atoms with Gasteiger partial charge in [-0.05, 0) is 32.6 Å². The lowest BCUT2D eigenvalue weighted by molar-refractivity contribution is -0.136. The van der Waals surface area contributed by atoms with Gasteiger partial charge in [0.25, 0.3) is 0 Å². The Balaban J connectivity index is 2.49. The summed E-state index contributed by atoms with van der Waals surface area (Å²) in [7, 11) is 1.42. The number of esters is 1. The van der Waals surface area contributed by atoms with Gasteiger partial charge < -0.3 is 4.74 Å². The van der Waals surface area contributed by atoms with E-state index in [1.807, 2.05) is 13.0 Å². The molecule has 1 aliphatic rings. The Morgan fingerprint density at radius 1 is 1.44 bits per heavy atom. The van der Waals surface area contributed by atoms with Crippen LogP contribution in [0.2, 0.25) is 0 Å². The van der Waals surface area contributed by atoms with Crippen molar-refractivity contribution in [1.82, 2.24) is 4.90 Å². The van der Waals surface area contributed by atoms with Crippen molar-refractivity contribution in [2.45, 2.75) is 39.7 Å². The lowest BCUT2D eigenvalue weighted by atomic mass is 9.95. The van der Waals surface area contributed by atoms with Crippen LogP contribution in [0.4, 0.5) is 0 Å². The van der Waals surface area contributed by atoms with Crippen LogP contribution >= 0.6 is 0 Å². The third-order valence-electron chi connectivity index (χ3n) is 3.39. The number of methoxy groups -OCH3 is 1. The smallest absolute Gasteiger partial charge is 0.333 e. The molecule has 1 rings (SSSR count). The van der Waals surface area contributed by atoms with E-state index in [4.69, 9.17) is 0 Å². The van der Waals surface area contributed by atoms with Crippen molar-refractivity contribution < 1.29 is 9.53 Å². The Morgan fingerprint density at radius 3 is 2.75 bits per heavy atom. The average Bonchev–Trinajstić information content (AvgIpc) is 2.28. The van der Waals surface area contributed by atoms with Crippen LogP contribution in [0, 0.1) is 5.92 Å². The van der Waals surface area contributed by atoms with Gasteiger partial charge in [0, 0.05) is 24.7 Å². The summed E-state index contributed by atoms with van der Waals surface area (Å²) in [6, 6.07) is 0.623. The van der Waals surface area contributed by atoms with E-state index in [1.165, 1.54) is 20.0 Å². The second-order valence-electron chi connectivity index (χ2n) is 4.86. The van der Waals surface area contributed by atoms with Gasteiger partial charge in [-0.3, -0.25) is 4.90 Å². The molecular weight excluding hydrogens is 202 g/mol. The molecule has 2 atom stereocenters. The SMILES string of the molecule is COC(=O)C(C)=CCN1CC(C)CCC1C. The highest BCUT2D eigenvalue weighted by Gasteiger charge is 2.21. The third kappa shape index (κ3) is 3.63. The van der Waals surface area contributed by atoms with Crippen molar-refractivity contribution in [2.75, 3.05) is 20.2 Å². The van der Waals surface area contributed by atoms with Gasteiger partial charge in [-0.25, -0.2) is 4.79 Å². The molecule has 1 heterocycles. The van der Waals surface area contributed by atoms with Crippen LogP contribution in [0.25, 0.3) is 0 Å². The molecule has 0 N–H and O–H groups in total. The zero-order valence-electron chi connectivity index (χ0n) is 10.8. The average molecular weight is 225 g/mol. The number of ether oxygens (including phenoxy) is 1. The molecule has 2 unspecified atom stereocenters. The number of hydrogen-bond donors (Lipinski definition) is 0. The maximum Gasteiger partial charge on any atom is 0.333 e. The summed E-state index contributed by atoms with van der Waals surface area (Å²) in [5.41, 5.74) is 0.702. The number of hydrogen-bond acceptors (Lipinski definition) is 3. The van der Waals surface area contributed by atoms with Crippen molar-refractivity contribution in [3.05, 3.63) is 11.6 Å². The minimum atomic E-state index is -0.224. The first-order chi connectivity index (χ1) is 7.54. The summed E-state index contributed by atoms with van der Waals surface area (Å²) in [4.78, 5) is 13.7. The molecule has 3 nitrogen and oxygen atoms in total. The minimum absolute atomic E-state index is 0.224. The van der Waals surface area contributed by atoms with Crippen molar-refractivity contribution >= 4 is 5.97 Å². The normalized spacial score (nSPS) is 27.9. The minimum Gasteiger partial charge on any atom is -0.466 e. The molecular formula is C13H23NO2. The van der Waals surface area contributed by atoms with Gasteiger partial charge in [0.15, 0.2) is 0 Å². The molecule has 1 aliphatic heterocycles. The molecule has 3 heteroatoms. The number of carbonyl (C=O) groups is 1. The van der Waals surface area contributed by atoms with Gasteiger partial charge in [0.2, 0.25) is 0 Å². The largest absolute Gasteiger partial charge is 0.466 e. The number of nitrogens with zero attached hydrogens (tertiary/aromatic N) is 1. The van der Waals surface area contributed by atoms with E-state index in [0.29, 0.717) is 11.6 Å². The topological polar surface area (TPSA) is 29.5 Å². The molecule has 0 spiro atoms. The molecule has 0 aromatic rings. The maximum absolute atomic E-state index is 11.2. The Labute approximate surface area is 98.5 Å². The van der Waals surface area contributed by atoms with E-state index >= 15 is 0 Å². The zero-order valence-corrected chi connectivity index (χ0v) is 10.8. The highest BCUT2D eigenvalue weighted by molar-refractivity contribution is 5.87. The molecule has 0 amide bonds. The van der Waals surface area contributed by atoms with Crippen LogP contribution in [-0.2, 0) is 9.53 Å². The predicted molar refractivity (Wildman–Crippen MR) is 65.2 cm³/mol. The highest BCUT2D eigenvalue weighted by Crippen LogP contribution is 2.21.